The fourth-order valence-electron chi connectivity index (χ4n) is 0.892. The van der Waals surface area contributed by atoms with Crippen LogP contribution in [0.1, 0.15) is 47.5 Å². The largest absolute Gasteiger partial charge is 0.442 e. The zero-order valence-electron chi connectivity index (χ0n) is 10.1. The molecule has 0 aliphatic heterocycles. The van der Waals surface area contributed by atoms with E-state index in [9.17, 15) is 9.59 Å². The summed E-state index contributed by atoms with van der Waals surface area (Å²) in [6.45, 7) is 8.69. The lowest BCUT2D eigenvalue weighted by Gasteiger charge is -2.17. The lowest BCUT2D eigenvalue weighted by Crippen LogP contribution is -2.23. The van der Waals surface area contributed by atoms with Gasteiger partial charge in [0.2, 0.25) is 0 Å². The molecule has 0 radical (unpaired) electrons. The minimum atomic E-state index is -0.704. The van der Waals surface area contributed by atoms with Crippen molar-refractivity contribution < 1.29 is 14.3 Å². The molecule has 0 unspecified atom stereocenters. The number of ketones is 1. The van der Waals surface area contributed by atoms with E-state index in [1.165, 1.54) is 6.92 Å². The molecule has 0 spiro atoms. The minimum absolute atomic E-state index is 0.108. The molecule has 0 heterocycles. The van der Waals surface area contributed by atoms with E-state index in [-0.39, 0.29) is 11.5 Å². The Balaban J connectivity index is 4.36. The van der Waals surface area contributed by atoms with Gasteiger partial charge in [0.25, 0.3) is 0 Å². The molecular weight excluding hydrogens is 194 g/mol. The lowest BCUT2D eigenvalue weighted by atomic mass is 10.2. The van der Waals surface area contributed by atoms with Crippen LogP contribution >= 0.6 is 0 Å². The second-order valence-corrected chi connectivity index (χ2v) is 4.35. The van der Waals surface area contributed by atoms with Gasteiger partial charge in [-0.25, -0.2) is 4.79 Å². The third-order valence-corrected chi connectivity index (χ3v) is 1.53. The molecule has 0 aromatic rings. The number of rotatable bonds is 3. The van der Waals surface area contributed by atoms with E-state index >= 15 is 0 Å². The zero-order chi connectivity index (χ0) is 12.1. The molecule has 4 heteroatoms. The first kappa shape index (κ1) is 13.8. The molecule has 0 aliphatic rings. The number of amides is 1. The summed E-state index contributed by atoms with van der Waals surface area (Å²) in [6.07, 6.45) is 0.461. The average molecular weight is 213 g/mol. The van der Waals surface area contributed by atoms with Crippen LogP contribution in [0.25, 0.3) is 0 Å². The van der Waals surface area contributed by atoms with E-state index < -0.39 is 11.7 Å². The predicted octanol–water partition coefficient (Wildman–Crippen LogP) is 2.75. The zero-order valence-corrected chi connectivity index (χ0v) is 10.1. The molecule has 0 aromatic heterocycles. The SMILES string of the molecule is CCCC(=O)C(C)=NC(=O)OC(C)(C)C. The van der Waals surface area contributed by atoms with E-state index in [0.29, 0.717) is 6.42 Å². The van der Waals surface area contributed by atoms with Gasteiger partial charge in [0, 0.05) is 6.42 Å². The van der Waals surface area contributed by atoms with E-state index in [2.05, 4.69) is 4.99 Å². The van der Waals surface area contributed by atoms with Crippen LogP contribution in [-0.2, 0) is 9.53 Å². The van der Waals surface area contributed by atoms with Gasteiger partial charge in [-0.3, -0.25) is 4.79 Å². The van der Waals surface area contributed by atoms with Crippen molar-refractivity contribution in [3.05, 3.63) is 0 Å². The number of hydrogen-bond donors (Lipinski definition) is 0. The van der Waals surface area contributed by atoms with Gasteiger partial charge in [-0.15, -0.1) is 0 Å². The highest BCUT2D eigenvalue weighted by molar-refractivity contribution is 6.40. The first-order valence-corrected chi connectivity index (χ1v) is 5.07. The number of ether oxygens (including phenoxy) is 1. The highest BCUT2D eigenvalue weighted by Crippen LogP contribution is 2.08. The molecule has 0 bridgehead atoms. The lowest BCUT2D eigenvalue weighted by molar-refractivity contribution is -0.113. The van der Waals surface area contributed by atoms with Gasteiger partial charge in [-0.2, -0.15) is 4.99 Å². The van der Waals surface area contributed by atoms with Crippen LogP contribution in [0.4, 0.5) is 4.79 Å². The Bertz CT molecular complexity index is 274. The van der Waals surface area contributed by atoms with Crippen molar-refractivity contribution in [3.63, 3.8) is 0 Å². The Kier molecular flexibility index (Phi) is 5.19. The number of Topliss-reactive ketones (excluding diaryl/α,β-unsaturated/α-hetero) is 1. The summed E-state index contributed by atoms with van der Waals surface area (Å²) < 4.78 is 4.96. The molecule has 0 saturated carbocycles. The summed E-state index contributed by atoms with van der Waals surface area (Å²) in [5, 5.41) is 0. The molecule has 4 nitrogen and oxygen atoms in total. The third-order valence-electron chi connectivity index (χ3n) is 1.53. The van der Waals surface area contributed by atoms with Crippen LogP contribution in [0.15, 0.2) is 4.99 Å². The van der Waals surface area contributed by atoms with Crippen LogP contribution < -0.4 is 0 Å². The molecule has 1 amide bonds. The maximum Gasteiger partial charge on any atom is 0.434 e. The van der Waals surface area contributed by atoms with E-state index in [1.807, 2.05) is 6.92 Å². The van der Waals surface area contributed by atoms with E-state index in [1.54, 1.807) is 20.8 Å². The highest BCUT2D eigenvalue weighted by atomic mass is 16.6. The van der Waals surface area contributed by atoms with Gasteiger partial charge in [-0.05, 0) is 34.1 Å². The predicted molar refractivity (Wildman–Crippen MR) is 59.3 cm³/mol. The Morgan fingerprint density at radius 3 is 2.20 bits per heavy atom. The molecule has 86 valence electrons. The average Bonchev–Trinajstić information content (AvgIpc) is 2.00. The Morgan fingerprint density at radius 1 is 1.27 bits per heavy atom. The summed E-state index contributed by atoms with van der Waals surface area (Å²) in [4.78, 5) is 26.1. The molecule has 0 saturated heterocycles. The van der Waals surface area contributed by atoms with E-state index in [4.69, 9.17) is 4.74 Å². The quantitative estimate of drug-likeness (QED) is 0.677. The molecule has 0 atom stereocenters. The molecule has 0 rings (SSSR count). The van der Waals surface area contributed by atoms with Crippen LogP contribution in [0.2, 0.25) is 0 Å². The maximum atomic E-state index is 11.3. The number of nitrogens with zero attached hydrogens (tertiary/aromatic N) is 1. The molecule has 0 fully saturated rings. The Morgan fingerprint density at radius 2 is 1.80 bits per heavy atom. The summed E-state index contributed by atoms with van der Waals surface area (Å²) >= 11 is 0. The van der Waals surface area contributed by atoms with Gasteiger partial charge in [0.05, 0.1) is 5.71 Å². The normalized spacial score (nSPS) is 12.5. The van der Waals surface area contributed by atoms with Gasteiger partial charge in [0.15, 0.2) is 5.78 Å². The van der Waals surface area contributed by atoms with E-state index in [0.717, 1.165) is 6.42 Å². The smallest absolute Gasteiger partial charge is 0.434 e. The first-order valence-electron chi connectivity index (χ1n) is 5.07. The van der Waals surface area contributed by atoms with Crippen LogP contribution in [0, 0.1) is 0 Å². The Labute approximate surface area is 90.7 Å². The molecule has 0 N–H and O–H groups in total. The van der Waals surface area contributed by atoms with Crippen molar-refractivity contribution in [1.29, 1.82) is 0 Å². The molecule has 15 heavy (non-hydrogen) atoms. The number of aliphatic imine (C=N–C) groups is 1. The summed E-state index contributed by atoms with van der Waals surface area (Å²) in [5.74, 6) is -0.108. The molecular formula is C11H19NO3. The maximum absolute atomic E-state index is 11.3. The van der Waals surface area contributed by atoms with Crippen LogP contribution in [0.5, 0.6) is 0 Å². The summed E-state index contributed by atoms with van der Waals surface area (Å²) in [5.41, 5.74) is -0.361. The highest BCUT2D eigenvalue weighted by Gasteiger charge is 2.16. The van der Waals surface area contributed by atoms with Crippen molar-refractivity contribution in [2.24, 2.45) is 4.99 Å². The van der Waals surface area contributed by atoms with Gasteiger partial charge in [0.1, 0.15) is 5.60 Å². The molecule has 0 aromatic carbocycles. The van der Waals surface area contributed by atoms with Crippen molar-refractivity contribution in [2.45, 2.75) is 53.1 Å². The Hall–Kier alpha value is -1.19. The first-order chi connectivity index (χ1) is 6.76. The van der Waals surface area contributed by atoms with Crippen molar-refractivity contribution in [2.75, 3.05) is 0 Å². The second kappa shape index (κ2) is 5.63. The van der Waals surface area contributed by atoms with Crippen molar-refractivity contribution in [1.82, 2.24) is 0 Å². The van der Waals surface area contributed by atoms with Crippen LogP contribution in [-0.4, -0.2) is 23.2 Å². The van der Waals surface area contributed by atoms with Crippen LogP contribution in [0.3, 0.4) is 0 Å². The third kappa shape index (κ3) is 6.82. The van der Waals surface area contributed by atoms with Crippen molar-refractivity contribution in [3.8, 4) is 0 Å². The minimum Gasteiger partial charge on any atom is -0.442 e. The fraction of sp³-hybridized carbons (Fsp3) is 0.727. The fourth-order valence-corrected chi connectivity index (χ4v) is 0.892. The van der Waals surface area contributed by atoms with Gasteiger partial charge < -0.3 is 4.74 Å². The second-order valence-electron chi connectivity index (χ2n) is 4.35. The van der Waals surface area contributed by atoms with Gasteiger partial charge >= 0.3 is 6.09 Å². The van der Waals surface area contributed by atoms with Crippen molar-refractivity contribution >= 4 is 17.6 Å². The monoisotopic (exact) mass is 213 g/mol. The van der Waals surface area contributed by atoms with Gasteiger partial charge in [-0.1, -0.05) is 6.92 Å². The summed E-state index contributed by atoms with van der Waals surface area (Å²) in [6, 6.07) is 0. The standard InChI is InChI=1S/C11H19NO3/c1-6-7-9(13)8(2)12-10(14)15-11(3,4)5/h6-7H2,1-5H3. The summed E-state index contributed by atoms with van der Waals surface area (Å²) in [7, 11) is 0. The number of carbonyl (C=O) groups excluding carboxylic acids is 2. The number of carbonyl (C=O) groups is 2. The molecule has 0 aliphatic carbocycles. The number of hydrogen-bond acceptors (Lipinski definition) is 3. The topological polar surface area (TPSA) is 55.7 Å².